The van der Waals surface area contributed by atoms with Crippen molar-refractivity contribution in [2.24, 2.45) is 0 Å². The van der Waals surface area contributed by atoms with Gasteiger partial charge in [0.1, 0.15) is 11.6 Å². The van der Waals surface area contributed by atoms with Crippen molar-refractivity contribution < 1.29 is 13.9 Å². The molecule has 1 fully saturated rings. The number of methoxy groups -OCH3 is 1. The molecule has 1 unspecified atom stereocenters. The van der Waals surface area contributed by atoms with E-state index in [-0.39, 0.29) is 17.8 Å². The topological polar surface area (TPSA) is 41.6 Å². The molecule has 1 aliphatic heterocycles. The number of para-hydroxylation sites is 1. The summed E-state index contributed by atoms with van der Waals surface area (Å²) in [5.74, 6) is 0.646. The number of hydrogen-bond acceptors (Lipinski definition) is 3. The average Bonchev–Trinajstić information content (AvgIpc) is 3.12. The van der Waals surface area contributed by atoms with Crippen LogP contribution in [0.2, 0.25) is 0 Å². The van der Waals surface area contributed by atoms with Crippen LogP contribution in [0.3, 0.4) is 0 Å². The molecule has 1 heterocycles. The van der Waals surface area contributed by atoms with Crippen molar-refractivity contribution in [3.63, 3.8) is 0 Å². The summed E-state index contributed by atoms with van der Waals surface area (Å²) in [5, 5.41) is 3.02. The number of carbonyl (C=O) groups is 1. The highest BCUT2D eigenvalue weighted by atomic mass is 19.1. The number of halogens is 1. The van der Waals surface area contributed by atoms with Crippen LogP contribution in [0.5, 0.6) is 5.75 Å². The van der Waals surface area contributed by atoms with Gasteiger partial charge in [-0.2, -0.15) is 0 Å². The van der Waals surface area contributed by atoms with E-state index < -0.39 is 0 Å². The zero-order valence-corrected chi connectivity index (χ0v) is 15.1. The number of ether oxygens (including phenoxy) is 1. The van der Waals surface area contributed by atoms with Gasteiger partial charge in [-0.3, -0.25) is 9.69 Å². The highest BCUT2D eigenvalue weighted by Gasteiger charge is 2.30. The van der Waals surface area contributed by atoms with Crippen LogP contribution in [0.25, 0.3) is 0 Å². The van der Waals surface area contributed by atoms with E-state index in [1.807, 2.05) is 30.3 Å². The third-order valence-electron chi connectivity index (χ3n) is 4.88. The Morgan fingerprint density at radius 3 is 2.69 bits per heavy atom. The molecule has 0 spiro atoms. The van der Waals surface area contributed by atoms with Gasteiger partial charge < -0.3 is 10.1 Å². The molecule has 0 aromatic heterocycles. The SMILES string of the molecule is COc1ccccc1CCNC(=O)C1CCCN1Cc1ccccc1F. The van der Waals surface area contributed by atoms with Crippen LogP contribution in [-0.2, 0) is 17.8 Å². The average molecular weight is 356 g/mol. The Kier molecular flexibility index (Phi) is 6.23. The van der Waals surface area contributed by atoms with Crippen LogP contribution in [0.1, 0.15) is 24.0 Å². The maximum absolute atomic E-state index is 13.9. The van der Waals surface area contributed by atoms with Gasteiger partial charge >= 0.3 is 0 Å². The number of benzene rings is 2. The molecule has 0 saturated carbocycles. The Morgan fingerprint density at radius 1 is 1.19 bits per heavy atom. The molecule has 1 aliphatic rings. The number of nitrogens with one attached hydrogen (secondary N) is 1. The molecule has 0 bridgehead atoms. The maximum atomic E-state index is 13.9. The molecule has 26 heavy (non-hydrogen) atoms. The third kappa shape index (κ3) is 4.41. The molecule has 0 aliphatic carbocycles. The largest absolute Gasteiger partial charge is 0.496 e. The lowest BCUT2D eigenvalue weighted by Crippen LogP contribution is -2.43. The van der Waals surface area contributed by atoms with E-state index in [0.717, 1.165) is 37.1 Å². The number of hydrogen-bond donors (Lipinski definition) is 1. The summed E-state index contributed by atoms with van der Waals surface area (Å²) in [7, 11) is 1.65. The monoisotopic (exact) mass is 356 g/mol. The first-order chi connectivity index (χ1) is 12.7. The zero-order chi connectivity index (χ0) is 18.4. The zero-order valence-electron chi connectivity index (χ0n) is 15.1. The normalized spacial score (nSPS) is 17.2. The predicted molar refractivity (Wildman–Crippen MR) is 99.5 cm³/mol. The van der Waals surface area contributed by atoms with Gasteiger partial charge in [0.15, 0.2) is 0 Å². The van der Waals surface area contributed by atoms with E-state index in [1.165, 1.54) is 6.07 Å². The van der Waals surface area contributed by atoms with Gasteiger partial charge in [0.05, 0.1) is 13.2 Å². The van der Waals surface area contributed by atoms with E-state index in [0.29, 0.717) is 18.7 Å². The fourth-order valence-corrected chi connectivity index (χ4v) is 3.51. The smallest absolute Gasteiger partial charge is 0.237 e. The second kappa shape index (κ2) is 8.81. The molecule has 2 aromatic rings. The highest BCUT2D eigenvalue weighted by Crippen LogP contribution is 2.22. The lowest BCUT2D eigenvalue weighted by atomic mass is 10.1. The van der Waals surface area contributed by atoms with E-state index in [4.69, 9.17) is 4.74 Å². The first-order valence-corrected chi connectivity index (χ1v) is 9.06. The van der Waals surface area contributed by atoms with Crippen LogP contribution >= 0.6 is 0 Å². The standard InChI is InChI=1S/C21H25FN2O2/c1-26-20-11-5-3-7-16(20)12-13-23-21(25)19-10-6-14-24(19)15-17-8-2-4-9-18(17)22/h2-5,7-9,11,19H,6,10,12-15H2,1H3,(H,23,25). The van der Waals surface area contributed by atoms with Crippen molar-refractivity contribution in [2.45, 2.75) is 31.8 Å². The van der Waals surface area contributed by atoms with Crippen molar-refractivity contribution in [1.82, 2.24) is 10.2 Å². The molecular weight excluding hydrogens is 331 g/mol. The summed E-state index contributed by atoms with van der Waals surface area (Å²) in [6, 6.07) is 14.4. The lowest BCUT2D eigenvalue weighted by molar-refractivity contribution is -0.125. The van der Waals surface area contributed by atoms with Gasteiger partial charge in [0.2, 0.25) is 5.91 Å². The third-order valence-corrected chi connectivity index (χ3v) is 4.88. The van der Waals surface area contributed by atoms with Gasteiger partial charge in [-0.25, -0.2) is 4.39 Å². The van der Waals surface area contributed by atoms with Gasteiger partial charge in [0, 0.05) is 18.7 Å². The molecule has 4 nitrogen and oxygen atoms in total. The van der Waals surface area contributed by atoms with Crippen molar-refractivity contribution in [2.75, 3.05) is 20.2 Å². The van der Waals surface area contributed by atoms with Gasteiger partial charge in [0.25, 0.3) is 0 Å². The number of nitrogens with zero attached hydrogens (tertiary/aromatic N) is 1. The number of amides is 1. The van der Waals surface area contributed by atoms with Crippen molar-refractivity contribution in [1.29, 1.82) is 0 Å². The summed E-state index contributed by atoms with van der Waals surface area (Å²) < 4.78 is 19.2. The van der Waals surface area contributed by atoms with Crippen molar-refractivity contribution >= 4 is 5.91 Å². The molecule has 2 aromatic carbocycles. The Morgan fingerprint density at radius 2 is 1.92 bits per heavy atom. The quantitative estimate of drug-likeness (QED) is 0.829. The van der Waals surface area contributed by atoms with Crippen LogP contribution < -0.4 is 10.1 Å². The van der Waals surface area contributed by atoms with Crippen molar-refractivity contribution in [3.05, 3.63) is 65.5 Å². The Balaban J connectivity index is 1.54. The molecule has 5 heteroatoms. The van der Waals surface area contributed by atoms with Gasteiger partial charge in [-0.15, -0.1) is 0 Å². The molecule has 0 radical (unpaired) electrons. The number of likely N-dealkylation sites (tertiary alicyclic amines) is 1. The Hall–Kier alpha value is -2.40. The number of rotatable bonds is 7. The maximum Gasteiger partial charge on any atom is 0.237 e. The lowest BCUT2D eigenvalue weighted by Gasteiger charge is -2.24. The van der Waals surface area contributed by atoms with Gasteiger partial charge in [-0.05, 0) is 43.5 Å². The van der Waals surface area contributed by atoms with E-state index in [2.05, 4.69) is 10.2 Å². The summed E-state index contributed by atoms with van der Waals surface area (Å²) in [6.45, 7) is 1.85. The molecule has 138 valence electrons. The second-order valence-corrected chi connectivity index (χ2v) is 6.57. The fourth-order valence-electron chi connectivity index (χ4n) is 3.51. The highest BCUT2D eigenvalue weighted by molar-refractivity contribution is 5.82. The van der Waals surface area contributed by atoms with Crippen LogP contribution in [0, 0.1) is 5.82 Å². The Labute approximate surface area is 154 Å². The van der Waals surface area contributed by atoms with E-state index >= 15 is 0 Å². The molecule has 1 saturated heterocycles. The van der Waals surface area contributed by atoms with Gasteiger partial charge in [-0.1, -0.05) is 36.4 Å². The minimum atomic E-state index is -0.213. The molecule has 1 N–H and O–H groups in total. The van der Waals surface area contributed by atoms with E-state index in [9.17, 15) is 9.18 Å². The summed E-state index contributed by atoms with van der Waals surface area (Å²) in [5.41, 5.74) is 1.71. The summed E-state index contributed by atoms with van der Waals surface area (Å²) in [6.07, 6.45) is 2.49. The summed E-state index contributed by atoms with van der Waals surface area (Å²) >= 11 is 0. The van der Waals surface area contributed by atoms with Crippen LogP contribution in [-0.4, -0.2) is 37.0 Å². The minimum Gasteiger partial charge on any atom is -0.496 e. The first kappa shape index (κ1) is 18.4. The summed E-state index contributed by atoms with van der Waals surface area (Å²) in [4.78, 5) is 14.7. The van der Waals surface area contributed by atoms with Crippen LogP contribution in [0.4, 0.5) is 4.39 Å². The second-order valence-electron chi connectivity index (χ2n) is 6.57. The predicted octanol–water partition coefficient (Wildman–Crippen LogP) is 3.16. The number of carbonyl (C=O) groups excluding carboxylic acids is 1. The van der Waals surface area contributed by atoms with E-state index in [1.54, 1.807) is 19.2 Å². The molecular formula is C21H25FN2O2. The van der Waals surface area contributed by atoms with Crippen LogP contribution in [0.15, 0.2) is 48.5 Å². The minimum absolute atomic E-state index is 0.0220. The molecule has 3 rings (SSSR count). The first-order valence-electron chi connectivity index (χ1n) is 9.06. The Bertz CT molecular complexity index is 750. The fraction of sp³-hybridized carbons (Fsp3) is 0.381. The molecule has 1 atom stereocenters. The molecule has 1 amide bonds. The van der Waals surface area contributed by atoms with Crippen molar-refractivity contribution in [3.8, 4) is 5.75 Å².